The van der Waals surface area contributed by atoms with Gasteiger partial charge in [-0.3, -0.25) is 14.4 Å². The van der Waals surface area contributed by atoms with Gasteiger partial charge in [-0.05, 0) is 49.6 Å². The normalized spacial score (nSPS) is 12.9. The van der Waals surface area contributed by atoms with Crippen LogP contribution in [0.5, 0.6) is 0 Å². The Hall–Kier alpha value is -3.74. The van der Waals surface area contributed by atoms with Crippen LogP contribution in [0.1, 0.15) is 28.0 Å². The predicted molar refractivity (Wildman–Crippen MR) is 115 cm³/mol. The molecule has 0 saturated carbocycles. The van der Waals surface area contributed by atoms with Gasteiger partial charge in [0.15, 0.2) is 0 Å². The van der Waals surface area contributed by atoms with Crippen molar-refractivity contribution in [3.63, 3.8) is 0 Å². The fourth-order valence-electron chi connectivity index (χ4n) is 3.52. The molecule has 0 atom stereocenters. The molecule has 0 saturated heterocycles. The predicted octanol–water partition coefficient (Wildman–Crippen LogP) is 2.78. The number of fused-ring (bicyclic) bond motifs is 1. The number of para-hydroxylation sites is 1. The van der Waals surface area contributed by atoms with Gasteiger partial charge >= 0.3 is 0 Å². The highest BCUT2D eigenvalue weighted by Crippen LogP contribution is 2.26. The third kappa shape index (κ3) is 4.15. The van der Waals surface area contributed by atoms with E-state index in [9.17, 15) is 14.4 Å². The fourth-order valence-corrected chi connectivity index (χ4v) is 3.52. The van der Waals surface area contributed by atoms with Gasteiger partial charge in [0.05, 0.1) is 0 Å². The Morgan fingerprint density at radius 2 is 1.80 bits per heavy atom. The summed E-state index contributed by atoms with van der Waals surface area (Å²) in [6.45, 7) is 2.33. The average Bonchev–Trinajstić information content (AvgIpc) is 2.76. The van der Waals surface area contributed by atoms with E-state index in [1.165, 1.54) is 12.1 Å². The van der Waals surface area contributed by atoms with Crippen LogP contribution in [-0.4, -0.2) is 28.1 Å². The smallest absolute Gasteiger partial charge is 0.276 e. The summed E-state index contributed by atoms with van der Waals surface area (Å²) in [6.07, 6.45) is 1.79. The van der Waals surface area contributed by atoms with E-state index in [0.717, 1.165) is 34.3 Å². The number of hydrogen-bond acceptors (Lipinski definition) is 4. The molecule has 152 valence electrons. The standard InChI is InChI=1S/C23H22N4O3/c1-16-8-10-18(11-9-16)24-23(30)19-12-13-21(28)27(25-19)15-22(29)26-14-4-6-17-5-2-3-7-20(17)26/h2-3,5,7-13H,4,6,14-15H2,1H3,(H,24,30). The minimum atomic E-state index is -0.441. The van der Waals surface area contributed by atoms with Crippen LogP contribution in [0.3, 0.4) is 0 Å². The zero-order chi connectivity index (χ0) is 21.1. The number of rotatable bonds is 4. The molecule has 0 aliphatic carbocycles. The zero-order valence-corrected chi connectivity index (χ0v) is 16.7. The highest BCUT2D eigenvalue weighted by atomic mass is 16.2. The summed E-state index contributed by atoms with van der Waals surface area (Å²) < 4.78 is 1.05. The number of amides is 2. The van der Waals surface area contributed by atoms with E-state index in [1.807, 2.05) is 43.3 Å². The molecule has 2 heterocycles. The van der Waals surface area contributed by atoms with Gasteiger partial charge in [0.2, 0.25) is 5.91 Å². The van der Waals surface area contributed by atoms with Crippen LogP contribution in [0, 0.1) is 6.92 Å². The maximum Gasteiger partial charge on any atom is 0.276 e. The molecule has 0 bridgehead atoms. The molecule has 2 aromatic carbocycles. The number of nitrogens with zero attached hydrogens (tertiary/aromatic N) is 3. The summed E-state index contributed by atoms with van der Waals surface area (Å²) in [5, 5.41) is 6.87. The van der Waals surface area contributed by atoms with E-state index in [4.69, 9.17) is 0 Å². The lowest BCUT2D eigenvalue weighted by Crippen LogP contribution is -2.40. The molecule has 30 heavy (non-hydrogen) atoms. The van der Waals surface area contributed by atoms with Crippen molar-refractivity contribution in [3.05, 3.63) is 87.8 Å². The summed E-state index contributed by atoms with van der Waals surface area (Å²) in [7, 11) is 0. The highest BCUT2D eigenvalue weighted by molar-refractivity contribution is 6.02. The maximum absolute atomic E-state index is 12.9. The minimum Gasteiger partial charge on any atom is -0.321 e. The Morgan fingerprint density at radius 1 is 1.03 bits per heavy atom. The van der Waals surface area contributed by atoms with E-state index in [2.05, 4.69) is 10.4 Å². The van der Waals surface area contributed by atoms with Gasteiger partial charge in [0, 0.05) is 24.0 Å². The Bertz CT molecular complexity index is 1150. The third-order valence-electron chi connectivity index (χ3n) is 5.11. The topological polar surface area (TPSA) is 84.3 Å². The zero-order valence-electron chi connectivity index (χ0n) is 16.7. The van der Waals surface area contributed by atoms with Crippen LogP contribution < -0.4 is 15.8 Å². The van der Waals surface area contributed by atoms with E-state index in [-0.39, 0.29) is 18.1 Å². The molecular formula is C23H22N4O3. The van der Waals surface area contributed by atoms with Crippen molar-refractivity contribution in [2.24, 2.45) is 0 Å². The largest absolute Gasteiger partial charge is 0.321 e. The van der Waals surface area contributed by atoms with Crippen molar-refractivity contribution in [1.82, 2.24) is 9.78 Å². The van der Waals surface area contributed by atoms with Crippen molar-refractivity contribution in [1.29, 1.82) is 0 Å². The Kier molecular flexibility index (Phi) is 5.43. The highest BCUT2D eigenvalue weighted by Gasteiger charge is 2.23. The number of aryl methyl sites for hydroxylation is 2. The summed E-state index contributed by atoms with van der Waals surface area (Å²) in [5.74, 6) is -0.670. The number of nitrogens with one attached hydrogen (secondary N) is 1. The van der Waals surface area contributed by atoms with Gasteiger partial charge < -0.3 is 10.2 Å². The molecular weight excluding hydrogens is 380 g/mol. The Balaban J connectivity index is 1.52. The van der Waals surface area contributed by atoms with Crippen molar-refractivity contribution in [2.45, 2.75) is 26.3 Å². The quantitative estimate of drug-likeness (QED) is 0.727. The fraction of sp³-hybridized carbons (Fsp3) is 0.217. The molecule has 7 heteroatoms. The number of anilines is 2. The summed E-state index contributed by atoms with van der Waals surface area (Å²) in [6, 6.07) is 17.8. The van der Waals surface area contributed by atoms with Gasteiger partial charge in [0.25, 0.3) is 11.5 Å². The second-order valence-corrected chi connectivity index (χ2v) is 7.31. The van der Waals surface area contributed by atoms with Crippen LogP contribution in [0.2, 0.25) is 0 Å². The van der Waals surface area contributed by atoms with E-state index in [0.29, 0.717) is 12.2 Å². The molecule has 0 radical (unpaired) electrons. The maximum atomic E-state index is 12.9. The lowest BCUT2D eigenvalue weighted by Gasteiger charge is -2.29. The Labute approximate surface area is 174 Å². The van der Waals surface area contributed by atoms with E-state index >= 15 is 0 Å². The first-order chi connectivity index (χ1) is 14.5. The van der Waals surface area contributed by atoms with Crippen LogP contribution >= 0.6 is 0 Å². The molecule has 1 aliphatic rings. The first-order valence-corrected chi connectivity index (χ1v) is 9.86. The number of aromatic nitrogens is 2. The van der Waals surface area contributed by atoms with Gasteiger partial charge in [-0.2, -0.15) is 5.10 Å². The lowest BCUT2D eigenvalue weighted by atomic mass is 10.0. The second-order valence-electron chi connectivity index (χ2n) is 7.31. The van der Waals surface area contributed by atoms with Gasteiger partial charge in [-0.15, -0.1) is 0 Å². The van der Waals surface area contributed by atoms with Crippen molar-refractivity contribution in [2.75, 3.05) is 16.8 Å². The molecule has 3 aromatic rings. The van der Waals surface area contributed by atoms with Crippen molar-refractivity contribution < 1.29 is 9.59 Å². The van der Waals surface area contributed by atoms with Crippen LogP contribution in [0.15, 0.2) is 65.5 Å². The molecule has 2 amide bonds. The first-order valence-electron chi connectivity index (χ1n) is 9.86. The monoisotopic (exact) mass is 402 g/mol. The minimum absolute atomic E-state index is 0.0713. The number of benzene rings is 2. The average molecular weight is 402 g/mol. The van der Waals surface area contributed by atoms with Crippen molar-refractivity contribution in [3.8, 4) is 0 Å². The van der Waals surface area contributed by atoms with Crippen molar-refractivity contribution >= 4 is 23.2 Å². The van der Waals surface area contributed by atoms with Gasteiger partial charge in [-0.1, -0.05) is 35.9 Å². The second kappa shape index (κ2) is 8.32. The molecule has 0 spiro atoms. The molecule has 1 N–H and O–H groups in total. The molecule has 7 nitrogen and oxygen atoms in total. The molecule has 0 unspecified atom stereocenters. The van der Waals surface area contributed by atoms with Crippen LogP contribution in [0.25, 0.3) is 0 Å². The number of carbonyl (C=O) groups excluding carboxylic acids is 2. The number of carbonyl (C=O) groups is 2. The molecule has 0 fully saturated rings. The molecule has 1 aromatic heterocycles. The summed E-state index contributed by atoms with van der Waals surface area (Å²) in [5.41, 5.74) is 3.34. The Morgan fingerprint density at radius 3 is 2.60 bits per heavy atom. The third-order valence-corrected chi connectivity index (χ3v) is 5.11. The number of hydrogen-bond donors (Lipinski definition) is 1. The summed E-state index contributed by atoms with van der Waals surface area (Å²) in [4.78, 5) is 39.4. The van der Waals surface area contributed by atoms with Gasteiger partial charge in [-0.25, -0.2) is 4.68 Å². The molecule has 1 aliphatic heterocycles. The molecule has 4 rings (SSSR count). The lowest BCUT2D eigenvalue weighted by molar-refractivity contribution is -0.119. The van der Waals surface area contributed by atoms with E-state index < -0.39 is 11.5 Å². The summed E-state index contributed by atoms with van der Waals surface area (Å²) >= 11 is 0. The van der Waals surface area contributed by atoms with E-state index in [1.54, 1.807) is 17.0 Å². The van der Waals surface area contributed by atoms with Crippen LogP contribution in [-0.2, 0) is 17.8 Å². The SMILES string of the molecule is Cc1ccc(NC(=O)c2ccc(=O)n(CC(=O)N3CCCc4ccccc43)n2)cc1. The first kappa shape index (κ1) is 19.6. The van der Waals surface area contributed by atoms with Gasteiger partial charge in [0.1, 0.15) is 12.2 Å². The van der Waals surface area contributed by atoms with Crippen LogP contribution in [0.4, 0.5) is 11.4 Å².